The maximum absolute atomic E-state index is 10.9. The Morgan fingerprint density at radius 2 is 2.33 bits per heavy atom. The Balaban J connectivity index is 3.17. The predicted octanol–water partition coefficient (Wildman–Crippen LogP) is 0.927. The highest BCUT2D eigenvalue weighted by Crippen LogP contribution is 2.21. The molecule has 0 spiro atoms. The van der Waals surface area contributed by atoms with Crippen LogP contribution in [0.1, 0.15) is 10.4 Å². The van der Waals surface area contributed by atoms with Gasteiger partial charge in [-0.3, -0.25) is 0 Å². The van der Waals surface area contributed by atoms with E-state index in [2.05, 4.69) is 0 Å². The number of nitrogen functional groups attached to an aromatic ring is 1. The van der Waals surface area contributed by atoms with Gasteiger partial charge in [-0.2, -0.15) is 5.26 Å². The first-order valence-electron chi connectivity index (χ1n) is 4.27. The first kappa shape index (κ1) is 10.9. The summed E-state index contributed by atoms with van der Waals surface area (Å²) in [5.41, 5.74) is 6.47. The molecule has 5 nitrogen and oxygen atoms in total. The van der Waals surface area contributed by atoms with E-state index >= 15 is 0 Å². The monoisotopic (exact) mass is 205 g/mol. The van der Waals surface area contributed by atoms with E-state index in [4.69, 9.17) is 16.1 Å². The van der Waals surface area contributed by atoms with Crippen LogP contribution in [0.2, 0.25) is 0 Å². The summed E-state index contributed by atoms with van der Waals surface area (Å²) in [5, 5.41) is 17.5. The molecule has 0 amide bonds. The number of carboxylic acid groups (broad SMARTS) is 1. The molecule has 0 aliphatic rings. The molecule has 0 saturated carbocycles. The van der Waals surface area contributed by atoms with Crippen molar-refractivity contribution < 1.29 is 9.90 Å². The summed E-state index contributed by atoms with van der Waals surface area (Å²) < 4.78 is 0. The Morgan fingerprint density at radius 3 is 2.87 bits per heavy atom. The number of nitrogens with zero attached hydrogens (tertiary/aromatic N) is 2. The van der Waals surface area contributed by atoms with Gasteiger partial charge in [0.2, 0.25) is 0 Å². The van der Waals surface area contributed by atoms with Crippen LogP contribution in [-0.4, -0.2) is 24.7 Å². The number of nitriles is 1. The first-order valence-corrected chi connectivity index (χ1v) is 4.27. The van der Waals surface area contributed by atoms with Crippen molar-refractivity contribution >= 4 is 17.3 Å². The molecule has 1 rings (SSSR count). The summed E-state index contributed by atoms with van der Waals surface area (Å²) in [6, 6.07) is 6.53. The van der Waals surface area contributed by atoms with Gasteiger partial charge in [0, 0.05) is 12.7 Å². The molecule has 1 aromatic rings. The molecule has 5 heteroatoms. The van der Waals surface area contributed by atoms with Crippen molar-refractivity contribution in [3.05, 3.63) is 23.8 Å². The zero-order valence-electron chi connectivity index (χ0n) is 8.27. The summed E-state index contributed by atoms with van der Waals surface area (Å²) in [6.45, 7) is 0.129. The molecule has 0 saturated heterocycles. The highest BCUT2D eigenvalue weighted by atomic mass is 16.4. The number of carbonyl (C=O) groups is 1. The van der Waals surface area contributed by atoms with Crippen LogP contribution in [0.15, 0.2) is 18.2 Å². The van der Waals surface area contributed by atoms with Crippen molar-refractivity contribution in [1.29, 1.82) is 5.26 Å². The molecule has 3 N–H and O–H groups in total. The molecular weight excluding hydrogens is 194 g/mol. The van der Waals surface area contributed by atoms with Gasteiger partial charge in [0.1, 0.15) is 6.54 Å². The Labute approximate surface area is 87.3 Å². The molecule has 0 atom stereocenters. The topological polar surface area (TPSA) is 90.4 Å². The van der Waals surface area contributed by atoms with Crippen LogP contribution >= 0.6 is 0 Å². The van der Waals surface area contributed by atoms with E-state index in [0.717, 1.165) is 0 Å². The Hall–Kier alpha value is -2.22. The summed E-state index contributed by atoms with van der Waals surface area (Å²) in [7, 11) is 1.65. The Bertz CT molecular complexity index is 423. The molecule has 78 valence electrons. The van der Waals surface area contributed by atoms with Gasteiger partial charge in [-0.25, -0.2) is 4.79 Å². The number of benzene rings is 1. The van der Waals surface area contributed by atoms with Gasteiger partial charge in [0.15, 0.2) is 0 Å². The SMILES string of the molecule is CN(CC#N)c1ccc(N)cc1C(=O)O. The fraction of sp³-hybridized carbons (Fsp3) is 0.200. The molecule has 0 aliphatic carbocycles. The third-order valence-electron chi connectivity index (χ3n) is 1.97. The summed E-state index contributed by atoms with van der Waals surface area (Å²) in [5.74, 6) is -1.05. The lowest BCUT2D eigenvalue weighted by atomic mass is 10.1. The van der Waals surface area contributed by atoms with Gasteiger partial charge < -0.3 is 15.7 Å². The number of hydrogen-bond acceptors (Lipinski definition) is 4. The average Bonchev–Trinajstić information content (AvgIpc) is 2.17. The summed E-state index contributed by atoms with van der Waals surface area (Å²) in [6.07, 6.45) is 0. The van der Waals surface area contributed by atoms with Gasteiger partial charge in [-0.15, -0.1) is 0 Å². The van der Waals surface area contributed by atoms with Crippen LogP contribution in [0.3, 0.4) is 0 Å². The number of hydrogen-bond donors (Lipinski definition) is 2. The lowest BCUT2D eigenvalue weighted by molar-refractivity contribution is 0.0697. The number of aromatic carboxylic acids is 1. The molecule has 1 aromatic carbocycles. The van der Waals surface area contributed by atoms with Gasteiger partial charge in [0.05, 0.1) is 17.3 Å². The van der Waals surface area contributed by atoms with E-state index in [0.29, 0.717) is 11.4 Å². The fourth-order valence-electron chi connectivity index (χ4n) is 1.25. The summed E-state index contributed by atoms with van der Waals surface area (Å²) in [4.78, 5) is 12.5. The maximum atomic E-state index is 10.9. The van der Waals surface area contributed by atoms with E-state index in [-0.39, 0.29) is 12.1 Å². The first-order chi connectivity index (χ1) is 7.06. The molecule has 0 aliphatic heterocycles. The standard InChI is InChI=1S/C10H11N3O2/c1-13(5-4-11)9-3-2-7(12)6-8(9)10(14)15/h2-3,6H,5,12H2,1H3,(H,14,15). The van der Waals surface area contributed by atoms with Crippen molar-refractivity contribution in [2.45, 2.75) is 0 Å². The second-order valence-electron chi connectivity index (χ2n) is 3.10. The molecule has 15 heavy (non-hydrogen) atoms. The molecule has 0 unspecified atom stereocenters. The number of nitrogens with two attached hydrogens (primary N) is 1. The molecule has 0 fully saturated rings. The van der Waals surface area contributed by atoms with Gasteiger partial charge in [-0.05, 0) is 18.2 Å². The third kappa shape index (κ3) is 2.38. The minimum Gasteiger partial charge on any atom is -0.478 e. The minimum absolute atomic E-state index is 0.104. The van der Waals surface area contributed by atoms with Crippen LogP contribution in [-0.2, 0) is 0 Å². The normalized spacial score (nSPS) is 9.33. The van der Waals surface area contributed by atoms with Crippen molar-refractivity contribution in [1.82, 2.24) is 0 Å². The molecule has 0 bridgehead atoms. The highest BCUT2D eigenvalue weighted by Gasteiger charge is 2.13. The molecule has 0 heterocycles. The van der Waals surface area contributed by atoms with E-state index < -0.39 is 5.97 Å². The second-order valence-corrected chi connectivity index (χ2v) is 3.10. The quantitative estimate of drug-likeness (QED) is 0.565. The molecule has 0 radical (unpaired) electrons. The van der Waals surface area contributed by atoms with Crippen molar-refractivity contribution in [3.8, 4) is 6.07 Å². The van der Waals surface area contributed by atoms with E-state index in [9.17, 15) is 4.79 Å². The molecular formula is C10H11N3O2. The van der Waals surface area contributed by atoms with Crippen LogP contribution in [0.4, 0.5) is 11.4 Å². The van der Waals surface area contributed by atoms with Gasteiger partial charge >= 0.3 is 5.97 Å². The number of carboxylic acids is 1. The zero-order chi connectivity index (χ0) is 11.4. The van der Waals surface area contributed by atoms with E-state index in [1.807, 2.05) is 6.07 Å². The van der Waals surface area contributed by atoms with Gasteiger partial charge in [-0.1, -0.05) is 0 Å². The maximum Gasteiger partial charge on any atom is 0.337 e. The van der Waals surface area contributed by atoms with Crippen LogP contribution in [0.5, 0.6) is 0 Å². The fourth-order valence-corrected chi connectivity index (χ4v) is 1.25. The van der Waals surface area contributed by atoms with Crippen molar-refractivity contribution in [2.24, 2.45) is 0 Å². The molecule has 0 aromatic heterocycles. The lowest BCUT2D eigenvalue weighted by Crippen LogP contribution is -2.20. The number of anilines is 2. The van der Waals surface area contributed by atoms with Gasteiger partial charge in [0.25, 0.3) is 0 Å². The summed E-state index contributed by atoms with van der Waals surface area (Å²) >= 11 is 0. The number of rotatable bonds is 3. The Morgan fingerprint density at radius 1 is 1.67 bits per heavy atom. The largest absolute Gasteiger partial charge is 0.478 e. The van der Waals surface area contributed by atoms with Crippen LogP contribution in [0.25, 0.3) is 0 Å². The van der Waals surface area contributed by atoms with Crippen LogP contribution < -0.4 is 10.6 Å². The zero-order valence-corrected chi connectivity index (χ0v) is 8.27. The lowest BCUT2D eigenvalue weighted by Gasteiger charge is -2.17. The smallest absolute Gasteiger partial charge is 0.337 e. The third-order valence-corrected chi connectivity index (χ3v) is 1.97. The van der Waals surface area contributed by atoms with E-state index in [1.54, 1.807) is 24.1 Å². The second kappa shape index (κ2) is 4.33. The minimum atomic E-state index is -1.05. The average molecular weight is 205 g/mol. The van der Waals surface area contributed by atoms with Crippen molar-refractivity contribution in [2.75, 3.05) is 24.2 Å². The van der Waals surface area contributed by atoms with Crippen LogP contribution in [0, 0.1) is 11.3 Å². The predicted molar refractivity (Wildman–Crippen MR) is 56.7 cm³/mol. The Kier molecular flexibility index (Phi) is 3.13. The highest BCUT2D eigenvalue weighted by molar-refractivity contribution is 5.95. The van der Waals surface area contributed by atoms with E-state index in [1.165, 1.54) is 6.07 Å². The van der Waals surface area contributed by atoms with Crippen molar-refractivity contribution in [3.63, 3.8) is 0 Å².